The molecule has 6 N–H and O–H groups in total. The molecule has 0 radical (unpaired) electrons. The minimum Gasteiger partial charge on any atom is -0.394 e. The first-order valence-corrected chi connectivity index (χ1v) is 39.1. The lowest BCUT2D eigenvalue weighted by Crippen LogP contribution is -2.60. The molecule has 7 atom stereocenters. The summed E-state index contributed by atoms with van der Waals surface area (Å²) in [6.45, 7) is 3.69. The molecule has 0 bridgehead atoms. The Morgan fingerprint density at radius 2 is 0.660 bits per heavy atom. The number of aliphatic hydroxyl groups is 5. The average molecular weight is 1310 g/mol. The number of amides is 1. The Kier molecular flexibility index (Phi) is 67.3. The maximum absolute atomic E-state index is 13.2. The standard InChI is InChI=1S/C85H145NO8/c1-3-5-7-9-11-13-15-17-19-21-23-25-27-29-31-33-35-36-37-38-39-40-41-42-43-44-45-47-49-51-53-55-57-59-61-63-65-67-69-71-73-75-81(89)86-78(77-93-85-84(92)83(91)82(90)80(76-87)94-85)79(88)74-72-70-68-66-64-62-60-58-56-54-52-50-48-46-34-32-30-28-26-24-22-20-18-16-14-12-10-8-6-4-2/h5,7,11,13,17,19,23,25,29,31,35-36,38-39,41-42,44-45,49,51,55,57,72,74,78-80,82-85,87-88,90-92H,3-4,6,8-10,12,14-16,18,20-22,24,26-28,30,32-34,37,40,43,46-48,50,52-54,56,58-71,73,75-77H2,1-2H3,(H,86,89)/b7-5-,13-11-,19-17-,25-23-,31-29-,36-35-,39-38-,42-41-,45-44-,51-49-,57-55-,74-72+. The molecule has 1 heterocycles. The molecule has 1 fully saturated rings. The lowest BCUT2D eigenvalue weighted by atomic mass is 9.99. The number of ether oxygens (including phenoxy) is 2. The van der Waals surface area contributed by atoms with Crippen LogP contribution in [0.4, 0.5) is 0 Å². The summed E-state index contributed by atoms with van der Waals surface area (Å²) >= 11 is 0. The number of rotatable bonds is 67. The smallest absolute Gasteiger partial charge is 0.220 e. The van der Waals surface area contributed by atoms with E-state index in [2.05, 4.69) is 153 Å². The first-order valence-electron chi connectivity index (χ1n) is 39.1. The first-order chi connectivity index (χ1) is 46.3. The average Bonchev–Trinajstić information content (AvgIpc) is 0.831. The van der Waals surface area contributed by atoms with Crippen molar-refractivity contribution >= 4 is 5.91 Å². The molecular formula is C85H145NO8. The van der Waals surface area contributed by atoms with E-state index in [-0.39, 0.29) is 12.5 Å². The fourth-order valence-electron chi connectivity index (χ4n) is 11.6. The van der Waals surface area contributed by atoms with Gasteiger partial charge in [0.25, 0.3) is 0 Å². The van der Waals surface area contributed by atoms with E-state index in [4.69, 9.17) is 9.47 Å². The van der Waals surface area contributed by atoms with Crippen molar-refractivity contribution in [2.75, 3.05) is 13.2 Å². The second-order valence-electron chi connectivity index (χ2n) is 26.4. The van der Waals surface area contributed by atoms with Crippen LogP contribution >= 0.6 is 0 Å². The largest absolute Gasteiger partial charge is 0.394 e. The molecule has 9 heteroatoms. The molecule has 1 rings (SSSR count). The molecular weight excluding hydrogens is 1160 g/mol. The molecule has 1 saturated heterocycles. The minimum absolute atomic E-state index is 0.190. The summed E-state index contributed by atoms with van der Waals surface area (Å²) in [4.78, 5) is 13.2. The molecule has 1 aliphatic heterocycles. The van der Waals surface area contributed by atoms with Crippen molar-refractivity contribution < 1.29 is 39.8 Å². The van der Waals surface area contributed by atoms with Crippen LogP contribution in [0.2, 0.25) is 0 Å². The van der Waals surface area contributed by atoms with Crippen molar-refractivity contribution in [2.45, 2.75) is 371 Å². The lowest BCUT2D eigenvalue weighted by molar-refractivity contribution is -0.302. The van der Waals surface area contributed by atoms with Gasteiger partial charge in [-0.25, -0.2) is 0 Å². The van der Waals surface area contributed by atoms with E-state index >= 15 is 0 Å². The van der Waals surface area contributed by atoms with Gasteiger partial charge in [-0.2, -0.15) is 0 Å². The van der Waals surface area contributed by atoms with Gasteiger partial charge >= 0.3 is 0 Å². The zero-order valence-electron chi connectivity index (χ0n) is 60.4. The molecule has 94 heavy (non-hydrogen) atoms. The molecule has 538 valence electrons. The van der Waals surface area contributed by atoms with Gasteiger partial charge < -0.3 is 40.3 Å². The Morgan fingerprint density at radius 1 is 0.372 bits per heavy atom. The fraction of sp³-hybridized carbons (Fsp3) is 0.706. The molecule has 1 amide bonds. The Balaban J connectivity index is 2.14. The van der Waals surface area contributed by atoms with Crippen LogP contribution in [0.25, 0.3) is 0 Å². The Hall–Kier alpha value is -3.93. The summed E-state index contributed by atoms with van der Waals surface area (Å²) < 4.78 is 11.3. The van der Waals surface area contributed by atoms with Gasteiger partial charge in [0.15, 0.2) is 6.29 Å². The summed E-state index contributed by atoms with van der Waals surface area (Å²) in [5.74, 6) is -0.190. The number of carbonyl (C=O) groups is 1. The van der Waals surface area contributed by atoms with Gasteiger partial charge in [0, 0.05) is 6.42 Å². The van der Waals surface area contributed by atoms with Crippen molar-refractivity contribution in [2.24, 2.45) is 0 Å². The van der Waals surface area contributed by atoms with Crippen molar-refractivity contribution in [3.63, 3.8) is 0 Å². The molecule has 0 aliphatic carbocycles. The van der Waals surface area contributed by atoms with Gasteiger partial charge in [-0.05, 0) is 103 Å². The first kappa shape index (κ1) is 88.1. The van der Waals surface area contributed by atoms with E-state index in [1.165, 1.54) is 186 Å². The number of hydrogen-bond donors (Lipinski definition) is 6. The number of allylic oxidation sites excluding steroid dienone is 23. The van der Waals surface area contributed by atoms with Crippen LogP contribution < -0.4 is 5.32 Å². The molecule has 0 aromatic rings. The number of carbonyl (C=O) groups excluding carboxylic acids is 1. The van der Waals surface area contributed by atoms with Crippen LogP contribution in [0.3, 0.4) is 0 Å². The predicted molar refractivity (Wildman–Crippen MR) is 405 cm³/mol. The van der Waals surface area contributed by atoms with Crippen LogP contribution in [0, 0.1) is 0 Å². The molecule has 0 saturated carbocycles. The van der Waals surface area contributed by atoms with Crippen LogP contribution in [0.1, 0.15) is 328 Å². The highest BCUT2D eigenvalue weighted by molar-refractivity contribution is 5.76. The van der Waals surface area contributed by atoms with Crippen molar-refractivity contribution in [3.05, 3.63) is 146 Å². The van der Waals surface area contributed by atoms with Crippen LogP contribution in [-0.2, 0) is 14.3 Å². The molecule has 0 spiro atoms. The van der Waals surface area contributed by atoms with E-state index in [1.54, 1.807) is 6.08 Å². The maximum atomic E-state index is 13.2. The van der Waals surface area contributed by atoms with Crippen molar-refractivity contribution in [3.8, 4) is 0 Å². The third kappa shape index (κ3) is 59.3. The Morgan fingerprint density at radius 3 is 0.979 bits per heavy atom. The summed E-state index contributed by atoms with van der Waals surface area (Å²) in [5.41, 5.74) is 0. The predicted octanol–water partition coefficient (Wildman–Crippen LogP) is 22.5. The maximum Gasteiger partial charge on any atom is 0.220 e. The molecule has 9 nitrogen and oxygen atoms in total. The summed E-state index contributed by atoms with van der Waals surface area (Å²) in [6.07, 6.45) is 104. The zero-order chi connectivity index (χ0) is 67.8. The third-order valence-electron chi connectivity index (χ3n) is 17.7. The Bertz CT molecular complexity index is 2010. The highest BCUT2D eigenvalue weighted by Gasteiger charge is 2.44. The summed E-state index contributed by atoms with van der Waals surface area (Å²) in [7, 11) is 0. The van der Waals surface area contributed by atoms with E-state index in [9.17, 15) is 30.3 Å². The monoisotopic (exact) mass is 1310 g/mol. The number of unbranched alkanes of at least 4 members (excludes halogenated alkanes) is 35. The number of nitrogens with one attached hydrogen (secondary N) is 1. The zero-order valence-corrected chi connectivity index (χ0v) is 60.4. The van der Waals surface area contributed by atoms with Gasteiger partial charge in [-0.3, -0.25) is 4.79 Å². The third-order valence-corrected chi connectivity index (χ3v) is 17.7. The Labute approximate surface area is 578 Å². The van der Waals surface area contributed by atoms with E-state index < -0.39 is 49.5 Å². The van der Waals surface area contributed by atoms with Crippen molar-refractivity contribution in [1.82, 2.24) is 5.32 Å². The summed E-state index contributed by atoms with van der Waals surface area (Å²) in [6, 6.07) is -0.824. The second kappa shape index (κ2) is 71.8. The van der Waals surface area contributed by atoms with Crippen LogP contribution in [0.5, 0.6) is 0 Å². The van der Waals surface area contributed by atoms with E-state index in [1.807, 2.05) is 6.08 Å². The van der Waals surface area contributed by atoms with Gasteiger partial charge in [0.05, 0.1) is 25.4 Å². The second-order valence-corrected chi connectivity index (χ2v) is 26.4. The van der Waals surface area contributed by atoms with E-state index in [0.717, 1.165) is 122 Å². The van der Waals surface area contributed by atoms with Gasteiger partial charge in [-0.15, -0.1) is 0 Å². The fourth-order valence-corrected chi connectivity index (χ4v) is 11.6. The SMILES string of the molecule is CC/C=C\C/C=C\C/C=C\C/C=C\C/C=C\C/C=C\C/C=C\C/C=C\C/C=C\C/C=C\C/C=C\CCCCCCCCCC(=O)NC(COC1OC(CO)C(O)C(O)C1O)C(O)/C=C/CCCCCCCCCCCCCCCCCCCCCCCCCCCCCC. The molecule has 1 aliphatic rings. The molecule has 0 aromatic carbocycles. The highest BCUT2D eigenvalue weighted by atomic mass is 16.7. The number of aliphatic hydroxyl groups excluding tert-OH is 5. The molecule has 0 aromatic heterocycles. The topological polar surface area (TPSA) is 149 Å². The van der Waals surface area contributed by atoms with Gasteiger partial charge in [0.1, 0.15) is 24.4 Å². The van der Waals surface area contributed by atoms with Crippen LogP contribution in [-0.4, -0.2) is 87.5 Å². The van der Waals surface area contributed by atoms with Crippen LogP contribution in [0.15, 0.2) is 146 Å². The van der Waals surface area contributed by atoms with E-state index in [0.29, 0.717) is 6.42 Å². The van der Waals surface area contributed by atoms with Gasteiger partial charge in [-0.1, -0.05) is 365 Å². The van der Waals surface area contributed by atoms with Crippen molar-refractivity contribution in [1.29, 1.82) is 0 Å². The highest BCUT2D eigenvalue weighted by Crippen LogP contribution is 2.23. The normalized spacial score (nSPS) is 18.4. The lowest BCUT2D eigenvalue weighted by Gasteiger charge is -2.40. The number of hydrogen-bond acceptors (Lipinski definition) is 8. The quantitative estimate of drug-likeness (QED) is 0.0261. The van der Waals surface area contributed by atoms with Gasteiger partial charge in [0.2, 0.25) is 5.91 Å². The molecule has 7 unspecified atom stereocenters. The summed E-state index contributed by atoms with van der Waals surface area (Å²) in [5, 5.41) is 54.9. The minimum atomic E-state index is -1.58.